The second-order valence-electron chi connectivity index (χ2n) is 4.77. The Bertz CT molecular complexity index is 457. The van der Waals surface area contributed by atoms with Gasteiger partial charge >= 0.3 is 0 Å². The summed E-state index contributed by atoms with van der Waals surface area (Å²) in [6, 6.07) is 5.19. The van der Waals surface area contributed by atoms with E-state index in [0.717, 1.165) is 12.2 Å². The van der Waals surface area contributed by atoms with Crippen LogP contribution in [0.15, 0.2) is 18.2 Å². The van der Waals surface area contributed by atoms with Gasteiger partial charge in [0, 0.05) is 13.1 Å². The number of benzene rings is 1. The molecule has 5 nitrogen and oxygen atoms in total. The van der Waals surface area contributed by atoms with Crippen LogP contribution in [0.3, 0.4) is 0 Å². The molecule has 17 heavy (non-hydrogen) atoms. The van der Waals surface area contributed by atoms with Crippen LogP contribution < -0.4 is 16.4 Å². The molecule has 1 fully saturated rings. The Morgan fingerprint density at radius 1 is 1.53 bits per heavy atom. The van der Waals surface area contributed by atoms with Gasteiger partial charge in [-0.3, -0.25) is 4.79 Å². The van der Waals surface area contributed by atoms with Crippen LogP contribution in [0.25, 0.3) is 0 Å². The Morgan fingerprint density at radius 2 is 2.24 bits per heavy atom. The molecular weight excluding hydrogens is 218 g/mol. The molecule has 2 rings (SSSR count). The molecule has 1 amide bonds. The highest BCUT2D eigenvalue weighted by atomic mass is 16.3. The van der Waals surface area contributed by atoms with E-state index in [0.29, 0.717) is 24.2 Å². The molecule has 5 heteroatoms. The highest BCUT2D eigenvalue weighted by Gasteiger charge is 2.32. The fourth-order valence-electron chi connectivity index (χ4n) is 2.19. The highest BCUT2D eigenvalue weighted by molar-refractivity contribution is 6.00. The van der Waals surface area contributed by atoms with Gasteiger partial charge in [0.25, 0.3) is 5.91 Å². The number of rotatable bonds is 2. The van der Waals surface area contributed by atoms with Crippen molar-refractivity contribution in [2.45, 2.75) is 18.9 Å². The van der Waals surface area contributed by atoms with E-state index in [-0.39, 0.29) is 0 Å². The monoisotopic (exact) mass is 235 g/mol. The first-order valence-corrected chi connectivity index (χ1v) is 5.56. The quantitative estimate of drug-likeness (QED) is 0.644. The first-order chi connectivity index (χ1) is 7.91. The summed E-state index contributed by atoms with van der Waals surface area (Å²) in [5.41, 5.74) is 12.0. The normalized spacial score (nSPS) is 24.0. The van der Waals surface area contributed by atoms with Crippen LogP contribution in [0.4, 0.5) is 11.4 Å². The first kappa shape index (κ1) is 11.7. The largest absolute Gasteiger partial charge is 0.396 e. The molecule has 0 bridgehead atoms. The molecule has 1 aromatic rings. The molecular formula is C12H17N3O2. The zero-order valence-electron chi connectivity index (χ0n) is 9.81. The van der Waals surface area contributed by atoms with Gasteiger partial charge < -0.3 is 21.5 Å². The van der Waals surface area contributed by atoms with Gasteiger partial charge in [-0.15, -0.1) is 0 Å². The van der Waals surface area contributed by atoms with Crippen molar-refractivity contribution in [3.05, 3.63) is 23.8 Å². The van der Waals surface area contributed by atoms with E-state index in [1.54, 1.807) is 19.1 Å². The summed E-state index contributed by atoms with van der Waals surface area (Å²) in [5, 5.41) is 9.92. The van der Waals surface area contributed by atoms with Crippen molar-refractivity contribution in [3.8, 4) is 0 Å². The van der Waals surface area contributed by atoms with Gasteiger partial charge in [0.1, 0.15) is 0 Å². The number of aliphatic hydroxyl groups is 1. The predicted molar refractivity (Wildman–Crippen MR) is 66.8 cm³/mol. The maximum absolute atomic E-state index is 11.2. The smallest absolute Gasteiger partial charge is 0.250 e. The Kier molecular flexibility index (Phi) is 2.71. The number of hydrogen-bond acceptors (Lipinski definition) is 4. The minimum atomic E-state index is -0.699. The molecule has 0 radical (unpaired) electrons. The van der Waals surface area contributed by atoms with E-state index in [9.17, 15) is 9.90 Å². The number of nitrogens with zero attached hydrogens (tertiary/aromatic N) is 1. The molecule has 92 valence electrons. The lowest BCUT2D eigenvalue weighted by molar-refractivity contribution is 0.0839. The van der Waals surface area contributed by atoms with Crippen molar-refractivity contribution >= 4 is 17.3 Å². The number of amides is 1. The standard InChI is InChI=1S/C12H17N3O2/c1-12(17)5-6-15(7-12)9-4-2-3-8(10(9)13)11(14)16/h2-4,17H,5-7,13H2,1H3,(H2,14,16). The SMILES string of the molecule is CC1(O)CCN(c2cccc(C(N)=O)c2N)C1. The maximum atomic E-state index is 11.2. The number of carbonyl (C=O) groups excluding carboxylic acids is 1. The summed E-state index contributed by atoms with van der Waals surface area (Å²) in [4.78, 5) is 13.2. The number of anilines is 2. The number of nitrogens with two attached hydrogens (primary N) is 2. The van der Waals surface area contributed by atoms with Gasteiger partial charge in [-0.1, -0.05) is 6.07 Å². The Morgan fingerprint density at radius 3 is 2.76 bits per heavy atom. The summed E-state index contributed by atoms with van der Waals surface area (Å²) in [7, 11) is 0. The molecule has 1 aliphatic rings. The van der Waals surface area contributed by atoms with Crippen LogP contribution in [0.5, 0.6) is 0 Å². The van der Waals surface area contributed by atoms with Crippen LogP contribution in [0, 0.1) is 0 Å². The van der Waals surface area contributed by atoms with Crippen molar-refractivity contribution in [1.82, 2.24) is 0 Å². The van der Waals surface area contributed by atoms with E-state index in [1.165, 1.54) is 0 Å². The summed E-state index contributed by atoms with van der Waals surface area (Å²) in [6.45, 7) is 3.03. The third kappa shape index (κ3) is 2.19. The number of para-hydroxylation sites is 1. The average Bonchev–Trinajstić information content (AvgIpc) is 2.58. The van der Waals surface area contributed by atoms with Gasteiger partial charge in [-0.2, -0.15) is 0 Å². The zero-order valence-corrected chi connectivity index (χ0v) is 9.81. The zero-order chi connectivity index (χ0) is 12.6. The number of carbonyl (C=O) groups is 1. The molecule has 1 aliphatic heterocycles. The van der Waals surface area contributed by atoms with Gasteiger partial charge in [-0.25, -0.2) is 0 Å². The molecule has 1 aromatic carbocycles. The molecule has 0 saturated carbocycles. The summed E-state index contributed by atoms with van der Waals surface area (Å²) in [6.07, 6.45) is 0.688. The van der Waals surface area contributed by atoms with Crippen molar-refractivity contribution in [3.63, 3.8) is 0 Å². The van der Waals surface area contributed by atoms with Crippen molar-refractivity contribution in [2.75, 3.05) is 23.7 Å². The molecule has 1 heterocycles. The van der Waals surface area contributed by atoms with Gasteiger partial charge in [0.05, 0.1) is 22.5 Å². The number of nitrogen functional groups attached to an aromatic ring is 1. The van der Waals surface area contributed by atoms with E-state index >= 15 is 0 Å². The van der Waals surface area contributed by atoms with E-state index in [4.69, 9.17) is 11.5 Å². The summed E-state index contributed by atoms with van der Waals surface area (Å²) >= 11 is 0. The molecule has 1 atom stereocenters. The fraction of sp³-hybridized carbons (Fsp3) is 0.417. The lowest BCUT2D eigenvalue weighted by atomic mass is 10.1. The molecule has 1 unspecified atom stereocenters. The van der Waals surface area contributed by atoms with Crippen molar-refractivity contribution < 1.29 is 9.90 Å². The third-order valence-electron chi connectivity index (χ3n) is 3.14. The minimum Gasteiger partial charge on any atom is -0.396 e. The number of hydrogen-bond donors (Lipinski definition) is 3. The molecule has 0 spiro atoms. The predicted octanol–water partition coefficient (Wildman–Crippen LogP) is 0.329. The van der Waals surface area contributed by atoms with E-state index < -0.39 is 11.5 Å². The van der Waals surface area contributed by atoms with Crippen LogP contribution in [-0.2, 0) is 0 Å². The number of β-amino-alcohol motifs (C(OH)–C–C–N with tert-alkyl or cyclic N) is 1. The van der Waals surface area contributed by atoms with Gasteiger partial charge in [-0.05, 0) is 25.5 Å². The molecule has 1 saturated heterocycles. The number of primary amides is 1. The lowest BCUT2D eigenvalue weighted by Gasteiger charge is -2.23. The van der Waals surface area contributed by atoms with Crippen molar-refractivity contribution in [1.29, 1.82) is 0 Å². The first-order valence-electron chi connectivity index (χ1n) is 5.56. The topological polar surface area (TPSA) is 92.6 Å². The minimum absolute atomic E-state index is 0.328. The fourth-order valence-corrected chi connectivity index (χ4v) is 2.19. The second kappa shape index (κ2) is 3.92. The highest BCUT2D eigenvalue weighted by Crippen LogP contribution is 2.32. The second-order valence-corrected chi connectivity index (χ2v) is 4.77. The Labute approximate surface area is 100 Å². The molecule has 0 aliphatic carbocycles. The van der Waals surface area contributed by atoms with Crippen LogP contribution in [0.1, 0.15) is 23.7 Å². The van der Waals surface area contributed by atoms with Gasteiger partial charge in [0.15, 0.2) is 0 Å². The van der Waals surface area contributed by atoms with E-state index in [2.05, 4.69) is 0 Å². The van der Waals surface area contributed by atoms with Crippen LogP contribution >= 0.6 is 0 Å². The van der Waals surface area contributed by atoms with Crippen LogP contribution in [0.2, 0.25) is 0 Å². The molecule has 0 aromatic heterocycles. The summed E-state index contributed by atoms with van der Waals surface area (Å²) in [5.74, 6) is -0.532. The Balaban J connectivity index is 2.34. The summed E-state index contributed by atoms with van der Waals surface area (Å²) < 4.78 is 0. The van der Waals surface area contributed by atoms with Gasteiger partial charge in [0.2, 0.25) is 0 Å². The average molecular weight is 235 g/mol. The van der Waals surface area contributed by atoms with Crippen molar-refractivity contribution in [2.24, 2.45) is 5.73 Å². The van der Waals surface area contributed by atoms with Crippen LogP contribution in [-0.4, -0.2) is 29.7 Å². The maximum Gasteiger partial charge on any atom is 0.250 e. The molecule has 5 N–H and O–H groups in total. The Hall–Kier alpha value is -1.75. The lowest BCUT2D eigenvalue weighted by Crippen LogP contribution is -2.30. The third-order valence-corrected chi connectivity index (χ3v) is 3.14. The van der Waals surface area contributed by atoms with E-state index in [1.807, 2.05) is 11.0 Å².